The van der Waals surface area contributed by atoms with E-state index in [9.17, 15) is 8.60 Å². The van der Waals surface area contributed by atoms with E-state index in [1.165, 1.54) is 12.1 Å². The molecule has 2 rings (SSSR count). The van der Waals surface area contributed by atoms with Gasteiger partial charge in [-0.1, -0.05) is 22.0 Å². The molecule has 0 aliphatic rings. The molecule has 100 valence electrons. The number of rotatable bonds is 3. The van der Waals surface area contributed by atoms with Gasteiger partial charge in [-0.2, -0.15) is 0 Å². The van der Waals surface area contributed by atoms with Gasteiger partial charge in [-0.15, -0.1) is 0 Å². The first-order valence-electron chi connectivity index (χ1n) is 5.66. The molecule has 0 saturated heterocycles. The summed E-state index contributed by atoms with van der Waals surface area (Å²) in [5.41, 5.74) is 8.01. The average molecular weight is 342 g/mol. The van der Waals surface area contributed by atoms with Crippen LogP contribution in [0.4, 0.5) is 10.1 Å². The first-order chi connectivity index (χ1) is 8.97. The van der Waals surface area contributed by atoms with Crippen molar-refractivity contribution in [3.8, 4) is 0 Å². The summed E-state index contributed by atoms with van der Waals surface area (Å²) >= 11 is 3.31. The Kier molecular flexibility index (Phi) is 4.37. The Balaban J connectivity index is 2.25. The van der Waals surface area contributed by atoms with Crippen LogP contribution in [0.2, 0.25) is 0 Å². The van der Waals surface area contributed by atoms with Crippen molar-refractivity contribution in [1.29, 1.82) is 0 Å². The number of nitrogen functional groups attached to an aromatic ring is 1. The molecule has 0 aliphatic heterocycles. The van der Waals surface area contributed by atoms with Crippen molar-refractivity contribution in [2.75, 3.05) is 5.73 Å². The van der Waals surface area contributed by atoms with E-state index in [-0.39, 0.29) is 5.82 Å². The van der Waals surface area contributed by atoms with Crippen molar-refractivity contribution in [2.24, 2.45) is 0 Å². The van der Waals surface area contributed by atoms with Gasteiger partial charge < -0.3 is 5.73 Å². The van der Waals surface area contributed by atoms with Crippen LogP contribution in [0.25, 0.3) is 0 Å². The molecule has 0 amide bonds. The number of aryl methyl sites for hydroxylation is 1. The molecule has 19 heavy (non-hydrogen) atoms. The van der Waals surface area contributed by atoms with Crippen LogP contribution in [0.1, 0.15) is 11.1 Å². The fourth-order valence-electron chi connectivity index (χ4n) is 1.77. The fourth-order valence-corrected chi connectivity index (χ4v) is 3.45. The predicted octanol–water partition coefficient (Wildman–Crippen LogP) is 3.79. The number of benzene rings is 2. The molecule has 5 heteroatoms. The van der Waals surface area contributed by atoms with Gasteiger partial charge in [0.15, 0.2) is 0 Å². The second-order valence-corrected chi connectivity index (χ2v) is 6.58. The normalized spacial score (nSPS) is 12.4. The van der Waals surface area contributed by atoms with Crippen LogP contribution in [-0.2, 0) is 16.6 Å². The van der Waals surface area contributed by atoms with Crippen molar-refractivity contribution < 1.29 is 8.60 Å². The zero-order chi connectivity index (χ0) is 14.0. The number of hydrogen-bond acceptors (Lipinski definition) is 2. The van der Waals surface area contributed by atoms with Gasteiger partial charge in [0, 0.05) is 10.2 Å². The van der Waals surface area contributed by atoms with Gasteiger partial charge >= 0.3 is 0 Å². The summed E-state index contributed by atoms with van der Waals surface area (Å²) in [6, 6.07) is 9.76. The zero-order valence-corrected chi connectivity index (χ0v) is 12.7. The maximum Gasteiger partial charge on any atom is 0.123 e. The summed E-state index contributed by atoms with van der Waals surface area (Å²) in [5.74, 6) is 0.0491. The van der Waals surface area contributed by atoms with Crippen LogP contribution in [0.5, 0.6) is 0 Å². The highest BCUT2D eigenvalue weighted by Gasteiger charge is 2.11. The Labute approximate surface area is 122 Å². The van der Waals surface area contributed by atoms with E-state index >= 15 is 0 Å². The minimum atomic E-state index is -1.24. The predicted molar refractivity (Wildman–Crippen MR) is 79.8 cm³/mol. The smallest absolute Gasteiger partial charge is 0.123 e. The summed E-state index contributed by atoms with van der Waals surface area (Å²) < 4.78 is 26.2. The Morgan fingerprint density at radius 1 is 1.26 bits per heavy atom. The third-order valence-electron chi connectivity index (χ3n) is 2.81. The van der Waals surface area contributed by atoms with Gasteiger partial charge in [0.05, 0.1) is 21.4 Å². The van der Waals surface area contributed by atoms with Gasteiger partial charge in [-0.25, -0.2) is 4.39 Å². The SMILES string of the molecule is Cc1cc(F)ccc1CS(=O)c1ccc(Br)cc1N. The van der Waals surface area contributed by atoms with Crippen molar-refractivity contribution in [2.45, 2.75) is 17.6 Å². The van der Waals surface area contributed by atoms with Gasteiger partial charge in [-0.05, 0) is 48.4 Å². The van der Waals surface area contributed by atoms with Crippen LogP contribution in [-0.4, -0.2) is 4.21 Å². The van der Waals surface area contributed by atoms with Crippen LogP contribution >= 0.6 is 15.9 Å². The van der Waals surface area contributed by atoms with Crippen molar-refractivity contribution in [3.05, 3.63) is 57.8 Å². The molecule has 0 aromatic heterocycles. The van der Waals surface area contributed by atoms with Crippen molar-refractivity contribution >= 4 is 32.4 Å². The van der Waals surface area contributed by atoms with Crippen molar-refractivity contribution in [1.82, 2.24) is 0 Å². The third-order valence-corrected chi connectivity index (χ3v) is 4.74. The molecule has 0 radical (unpaired) electrons. The standard InChI is InChI=1S/C14H13BrFNOS/c1-9-6-12(16)4-2-10(9)8-19(18)14-5-3-11(15)7-13(14)17/h2-7H,8,17H2,1H3. The Hall–Kier alpha value is -1.20. The molecule has 0 bridgehead atoms. The minimum absolute atomic E-state index is 0.282. The highest BCUT2D eigenvalue weighted by molar-refractivity contribution is 9.10. The average Bonchev–Trinajstić information content (AvgIpc) is 2.32. The number of nitrogens with two attached hydrogens (primary N) is 1. The molecule has 1 atom stereocenters. The van der Waals surface area contributed by atoms with Gasteiger partial charge in [0.25, 0.3) is 0 Å². The first kappa shape index (κ1) is 14.2. The molecule has 0 heterocycles. The van der Waals surface area contributed by atoms with E-state index in [4.69, 9.17) is 5.73 Å². The van der Waals surface area contributed by atoms with E-state index in [2.05, 4.69) is 15.9 Å². The fraction of sp³-hybridized carbons (Fsp3) is 0.143. The first-order valence-corrected chi connectivity index (χ1v) is 7.77. The Morgan fingerprint density at radius 3 is 2.63 bits per heavy atom. The Bertz CT molecular complexity index is 645. The Morgan fingerprint density at radius 2 is 2.00 bits per heavy atom. The lowest BCUT2D eigenvalue weighted by Gasteiger charge is -2.08. The highest BCUT2D eigenvalue weighted by atomic mass is 79.9. The topological polar surface area (TPSA) is 43.1 Å². The third kappa shape index (κ3) is 3.42. The molecule has 2 aromatic carbocycles. The quantitative estimate of drug-likeness (QED) is 0.863. The summed E-state index contributed by atoms with van der Waals surface area (Å²) in [7, 11) is -1.24. The largest absolute Gasteiger partial charge is 0.398 e. The zero-order valence-electron chi connectivity index (χ0n) is 10.3. The number of hydrogen-bond donors (Lipinski definition) is 1. The minimum Gasteiger partial charge on any atom is -0.398 e. The van der Waals surface area contributed by atoms with E-state index in [1.54, 1.807) is 31.2 Å². The molecule has 2 N–H and O–H groups in total. The number of halogens is 2. The molecule has 0 spiro atoms. The molecular weight excluding hydrogens is 329 g/mol. The van der Waals surface area contributed by atoms with E-state index < -0.39 is 10.8 Å². The lowest BCUT2D eigenvalue weighted by Crippen LogP contribution is -2.02. The van der Waals surface area contributed by atoms with E-state index in [1.807, 2.05) is 0 Å². The van der Waals surface area contributed by atoms with Crippen LogP contribution in [0.3, 0.4) is 0 Å². The molecule has 0 fully saturated rings. The van der Waals surface area contributed by atoms with E-state index in [0.29, 0.717) is 16.3 Å². The maximum absolute atomic E-state index is 13.0. The highest BCUT2D eigenvalue weighted by Crippen LogP contribution is 2.24. The summed E-state index contributed by atoms with van der Waals surface area (Å²) in [6.45, 7) is 1.81. The molecule has 0 aliphatic carbocycles. The van der Waals surface area contributed by atoms with Crippen LogP contribution in [0.15, 0.2) is 45.8 Å². The second kappa shape index (κ2) is 5.84. The van der Waals surface area contributed by atoms with Gasteiger partial charge in [0.2, 0.25) is 0 Å². The summed E-state index contributed by atoms with van der Waals surface area (Å²) in [6.07, 6.45) is 0. The molecule has 0 saturated carbocycles. The number of anilines is 1. The monoisotopic (exact) mass is 341 g/mol. The van der Waals surface area contributed by atoms with Crippen molar-refractivity contribution in [3.63, 3.8) is 0 Å². The van der Waals surface area contributed by atoms with E-state index in [0.717, 1.165) is 15.6 Å². The van der Waals surface area contributed by atoms with Crippen LogP contribution < -0.4 is 5.73 Å². The lowest BCUT2D eigenvalue weighted by molar-refractivity contribution is 0.626. The van der Waals surface area contributed by atoms with Gasteiger partial charge in [0.1, 0.15) is 5.82 Å². The molecule has 2 nitrogen and oxygen atoms in total. The van der Waals surface area contributed by atoms with Gasteiger partial charge in [-0.3, -0.25) is 4.21 Å². The summed E-state index contributed by atoms with van der Waals surface area (Å²) in [4.78, 5) is 0.604. The molecule has 1 unspecified atom stereocenters. The summed E-state index contributed by atoms with van der Waals surface area (Å²) in [5, 5.41) is 0. The molecular formula is C14H13BrFNOS. The lowest BCUT2D eigenvalue weighted by atomic mass is 10.1. The van der Waals surface area contributed by atoms with Crippen LogP contribution in [0, 0.1) is 12.7 Å². The molecule has 2 aromatic rings. The second-order valence-electron chi connectivity index (χ2n) is 4.24. The maximum atomic E-state index is 13.0.